The smallest absolute Gasteiger partial charge is 0.255 e. The van der Waals surface area contributed by atoms with E-state index in [9.17, 15) is 13.6 Å². The Kier molecular flexibility index (Phi) is 4.31. The van der Waals surface area contributed by atoms with Crippen molar-refractivity contribution in [1.29, 1.82) is 0 Å². The van der Waals surface area contributed by atoms with Crippen molar-refractivity contribution in [2.24, 2.45) is 0 Å². The average Bonchev–Trinajstić information content (AvgIpc) is 2.31. The molecule has 2 aromatic rings. The summed E-state index contributed by atoms with van der Waals surface area (Å²) >= 11 is 6.21. The second kappa shape index (κ2) is 5.79. The van der Waals surface area contributed by atoms with Crippen LogP contribution in [0.1, 0.15) is 10.4 Å². The van der Waals surface area contributed by atoms with Crippen LogP contribution in [0.2, 0.25) is 0 Å². The van der Waals surface area contributed by atoms with Gasteiger partial charge in [0.15, 0.2) is 0 Å². The lowest BCUT2D eigenvalue weighted by Crippen LogP contribution is -2.13. The molecule has 2 rings (SSSR count). The minimum atomic E-state index is -0.582. The fraction of sp³-hybridized carbons (Fsp3) is 0. The van der Waals surface area contributed by atoms with E-state index in [1.54, 1.807) is 6.07 Å². The van der Waals surface area contributed by atoms with Crippen molar-refractivity contribution in [2.75, 3.05) is 5.32 Å². The van der Waals surface area contributed by atoms with E-state index in [0.29, 0.717) is 8.95 Å². The van der Waals surface area contributed by atoms with E-state index < -0.39 is 17.5 Å². The Balaban J connectivity index is 2.25. The van der Waals surface area contributed by atoms with Crippen molar-refractivity contribution >= 4 is 43.5 Å². The van der Waals surface area contributed by atoms with Gasteiger partial charge in [0.05, 0.1) is 5.69 Å². The van der Waals surface area contributed by atoms with E-state index in [-0.39, 0.29) is 11.3 Å². The van der Waals surface area contributed by atoms with Gasteiger partial charge in [0.1, 0.15) is 11.6 Å². The number of benzene rings is 2. The van der Waals surface area contributed by atoms with Crippen LogP contribution in [0.3, 0.4) is 0 Å². The number of hydrogen-bond donors (Lipinski definition) is 1. The molecule has 0 aliphatic rings. The Morgan fingerprint density at radius 3 is 2.37 bits per heavy atom. The summed E-state index contributed by atoms with van der Waals surface area (Å²) in [5.74, 6) is -1.70. The van der Waals surface area contributed by atoms with Gasteiger partial charge in [-0.3, -0.25) is 4.79 Å². The monoisotopic (exact) mass is 389 g/mol. The van der Waals surface area contributed by atoms with Gasteiger partial charge in [-0.05, 0) is 36.4 Å². The normalized spacial score (nSPS) is 10.3. The van der Waals surface area contributed by atoms with Crippen LogP contribution in [0, 0.1) is 11.6 Å². The van der Waals surface area contributed by atoms with Gasteiger partial charge in [0.25, 0.3) is 5.91 Å². The van der Waals surface area contributed by atoms with Gasteiger partial charge in [-0.2, -0.15) is 0 Å². The van der Waals surface area contributed by atoms with Crippen molar-refractivity contribution in [2.45, 2.75) is 0 Å². The maximum absolute atomic E-state index is 13.6. The molecule has 2 aromatic carbocycles. The maximum Gasteiger partial charge on any atom is 0.255 e. The van der Waals surface area contributed by atoms with Crippen molar-refractivity contribution in [3.63, 3.8) is 0 Å². The zero-order valence-electron chi connectivity index (χ0n) is 9.38. The maximum atomic E-state index is 13.6. The van der Waals surface area contributed by atoms with Gasteiger partial charge in [-0.15, -0.1) is 0 Å². The number of anilines is 1. The fourth-order valence-electron chi connectivity index (χ4n) is 1.47. The fourth-order valence-corrected chi connectivity index (χ4v) is 2.27. The number of hydrogen-bond acceptors (Lipinski definition) is 1. The molecule has 1 amide bonds. The summed E-state index contributed by atoms with van der Waals surface area (Å²) in [6, 6.07) is 8.02. The highest BCUT2D eigenvalue weighted by Crippen LogP contribution is 2.21. The van der Waals surface area contributed by atoms with Gasteiger partial charge in [-0.25, -0.2) is 8.78 Å². The molecule has 0 fully saturated rings. The summed E-state index contributed by atoms with van der Waals surface area (Å²) < 4.78 is 27.7. The Morgan fingerprint density at radius 2 is 1.74 bits per heavy atom. The number of carbonyl (C=O) groups excluding carboxylic acids is 1. The Hall–Kier alpha value is -1.27. The summed E-state index contributed by atoms with van der Waals surface area (Å²) in [6.07, 6.45) is 0. The molecule has 0 radical (unpaired) electrons. The van der Waals surface area contributed by atoms with Gasteiger partial charge < -0.3 is 5.32 Å². The van der Waals surface area contributed by atoms with E-state index in [2.05, 4.69) is 37.2 Å². The quantitative estimate of drug-likeness (QED) is 0.788. The summed E-state index contributed by atoms with van der Waals surface area (Å²) in [6.45, 7) is 0. The molecular formula is C13H7Br2F2NO. The Labute approximate surface area is 125 Å². The Morgan fingerprint density at radius 1 is 1.00 bits per heavy atom. The first-order chi connectivity index (χ1) is 8.95. The highest BCUT2D eigenvalue weighted by Gasteiger charge is 2.11. The molecule has 0 saturated carbocycles. The molecule has 2 nitrogen and oxygen atoms in total. The first-order valence-electron chi connectivity index (χ1n) is 5.18. The second-order valence-corrected chi connectivity index (χ2v) is 5.57. The summed E-state index contributed by atoms with van der Waals surface area (Å²) in [5.41, 5.74) is 0.141. The molecule has 0 bridgehead atoms. The van der Waals surface area contributed by atoms with Gasteiger partial charge in [-0.1, -0.05) is 31.9 Å². The van der Waals surface area contributed by atoms with Crippen LogP contribution in [0.15, 0.2) is 45.3 Å². The highest BCUT2D eigenvalue weighted by molar-refractivity contribution is 9.10. The minimum absolute atomic E-state index is 0.0357. The van der Waals surface area contributed by atoms with Crippen molar-refractivity contribution in [3.8, 4) is 0 Å². The number of carbonyl (C=O) groups is 1. The molecule has 19 heavy (non-hydrogen) atoms. The molecule has 0 aliphatic heterocycles. The standard InChI is InChI=1S/C13H7Br2F2NO/c14-8-1-2-12(11(17)6-8)18-13(19)7-3-9(15)5-10(16)4-7/h1-6H,(H,18,19). The molecule has 0 unspecified atom stereocenters. The van der Waals surface area contributed by atoms with Crippen molar-refractivity contribution in [1.82, 2.24) is 0 Å². The number of nitrogens with one attached hydrogen (secondary N) is 1. The average molecular weight is 391 g/mol. The van der Waals surface area contributed by atoms with Crippen LogP contribution in [0.5, 0.6) is 0 Å². The van der Waals surface area contributed by atoms with E-state index in [4.69, 9.17) is 0 Å². The van der Waals surface area contributed by atoms with Crippen LogP contribution in [0.25, 0.3) is 0 Å². The third-order valence-electron chi connectivity index (χ3n) is 2.30. The van der Waals surface area contributed by atoms with Gasteiger partial charge >= 0.3 is 0 Å². The van der Waals surface area contributed by atoms with E-state index in [1.807, 2.05) is 0 Å². The molecule has 0 atom stereocenters. The molecule has 0 aromatic heterocycles. The second-order valence-electron chi connectivity index (χ2n) is 3.74. The molecule has 98 valence electrons. The molecular weight excluding hydrogens is 384 g/mol. The lowest BCUT2D eigenvalue weighted by molar-refractivity contribution is 0.102. The van der Waals surface area contributed by atoms with Crippen LogP contribution in [-0.4, -0.2) is 5.91 Å². The lowest BCUT2D eigenvalue weighted by Gasteiger charge is -2.07. The van der Waals surface area contributed by atoms with Gasteiger partial charge in [0.2, 0.25) is 0 Å². The minimum Gasteiger partial charge on any atom is -0.319 e. The third-order valence-corrected chi connectivity index (χ3v) is 3.26. The third kappa shape index (κ3) is 3.61. The first kappa shape index (κ1) is 14.1. The summed E-state index contributed by atoms with van der Waals surface area (Å²) in [5, 5.41) is 2.39. The number of halogens is 4. The molecule has 1 N–H and O–H groups in total. The largest absolute Gasteiger partial charge is 0.319 e. The Bertz CT molecular complexity index is 626. The van der Waals surface area contributed by atoms with Crippen LogP contribution in [-0.2, 0) is 0 Å². The summed E-state index contributed by atoms with van der Waals surface area (Å²) in [7, 11) is 0. The first-order valence-corrected chi connectivity index (χ1v) is 6.77. The zero-order chi connectivity index (χ0) is 14.0. The van der Waals surface area contributed by atoms with Crippen LogP contribution < -0.4 is 5.32 Å². The van der Waals surface area contributed by atoms with E-state index in [0.717, 1.165) is 6.07 Å². The molecule has 0 spiro atoms. The van der Waals surface area contributed by atoms with Gasteiger partial charge in [0, 0.05) is 14.5 Å². The molecule has 0 saturated heterocycles. The molecule has 0 aliphatic carbocycles. The van der Waals surface area contributed by atoms with Crippen molar-refractivity contribution < 1.29 is 13.6 Å². The predicted octanol–water partition coefficient (Wildman–Crippen LogP) is 4.74. The van der Waals surface area contributed by atoms with Crippen LogP contribution >= 0.6 is 31.9 Å². The SMILES string of the molecule is O=C(Nc1ccc(Br)cc1F)c1cc(F)cc(Br)c1. The number of rotatable bonds is 2. The van der Waals surface area contributed by atoms with Crippen molar-refractivity contribution in [3.05, 3.63) is 62.5 Å². The van der Waals surface area contributed by atoms with E-state index in [1.165, 1.54) is 24.3 Å². The summed E-state index contributed by atoms with van der Waals surface area (Å²) in [4.78, 5) is 11.9. The molecule has 6 heteroatoms. The highest BCUT2D eigenvalue weighted by atomic mass is 79.9. The number of amides is 1. The topological polar surface area (TPSA) is 29.1 Å². The van der Waals surface area contributed by atoms with E-state index >= 15 is 0 Å². The predicted molar refractivity (Wildman–Crippen MR) is 76.2 cm³/mol. The van der Waals surface area contributed by atoms with Crippen LogP contribution in [0.4, 0.5) is 14.5 Å². The lowest BCUT2D eigenvalue weighted by atomic mass is 10.2. The zero-order valence-corrected chi connectivity index (χ0v) is 12.6. The molecule has 0 heterocycles.